The number of amides is 2. The number of anilines is 1. The van der Waals surface area contributed by atoms with Crippen molar-refractivity contribution in [2.75, 3.05) is 4.90 Å². The number of carbonyl (C=O) groups is 2. The van der Waals surface area contributed by atoms with Gasteiger partial charge in [-0.2, -0.15) is 0 Å². The van der Waals surface area contributed by atoms with Crippen molar-refractivity contribution in [3.63, 3.8) is 0 Å². The largest absolute Gasteiger partial charge is 0.268 e. The van der Waals surface area contributed by atoms with Crippen LogP contribution in [-0.2, 0) is 0 Å². The van der Waals surface area contributed by atoms with E-state index in [0.29, 0.717) is 16.8 Å². The number of hydrogen-bond acceptors (Lipinski definition) is 2. The predicted octanol–water partition coefficient (Wildman–Crippen LogP) is 5.40. The summed E-state index contributed by atoms with van der Waals surface area (Å²) in [6.45, 7) is 0. The van der Waals surface area contributed by atoms with Crippen LogP contribution < -0.4 is 4.90 Å². The Bertz CT molecular complexity index is 1230. The van der Waals surface area contributed by atoms with Crippen molar-refractivity contribution >= 4 is 61.6 Å². The Morgan fingerprint density at radius 2 is 1.46 bits per heavy atom. The number of hydrogen-bond donors (Lipinski definition) is 0. The zero-order chi connectivity index (χ0) is 17.8. The highest BCUT2D eigenvalue weighted by atomic mass is 127. The third kappa shape index (κ3) is 2.12. The van der Waals surface area contributed by atoms with Crippen molar-refractivity contribution in [1.29, 1.82) is 0 Å². The van der Waals surface area contributed by atoms with Crippen LogP contribution >= 0.6 is 22.6 Å². The van der Waals surface area contributed by atoms with Crippen LogP contribution in [0.15, 0.2) is 72.8 Å². The van der Waals surface area contributed by atoms with Crippen LogP contribution in [0.1, 0.15) is 20.7 Å². The fourth-order valence-corrected chi connectivity index (χ4v) is 4.03. The highest BCUT2D eigenvalue weighted by Gasteiger charge is 2.35. The normalized spacial score (nSPS) is 13.7. The van der Waals surface area contributed by atoms with Gasteiger partial charge in [-0.25, -0.2) is 4.90 Å². The molecule has 4 aromatic carbocycles. The zero-order valence-electron chi connectivity index (χ0n) is 13.6. The molecule has 0 unspecified atom stereocenters. The highest BCUT2D eigenvalue weighted by Crippen LogP contribution is 2.37. The molecule has 1 aliphatic rings. The molecule has 5 rings (SSSR count). The lowest BCUT2D eigenvalue weighted by Crippen LogP contribution is -2.40. The summed E-state index contributed by atoms with van der Waals surface area (Å²) in [6.07, 6.45) is 0. The number of nitrogens with zero attached hydrogens (tertiary/aromatic N) is 1. The second-order valence-electron chi connectivity index (χ2n) is 6.30. The maximum atomic E-state index is 13.4. The predicted molar refractivity (Wildman–Crippen MR) is 112 cm³/mol. The summed E-state index contributed by atoms with van der Waals surface area (Å²) in [4.78, 5) is 27.8. The quantitative estimate of drug-likeness (QED) is 0.222. The molecular weight excluding hydrogens is 437 g/mol. The summed E-state index contributed by atoms with van der Waals surface area (Å²) in [5.41, 5.74) is 1.77. The van der Waals surface area contributed by atoms with Gasteiger partial charge in [-0.1, -0.05) is 36.4 Å². The van der Waals surface area contributed by atoms with Crippen LogP contribution in [0.25, 0.3) is 21.5 Å². The lowest BCUT2D eigenvalue weighted by atomic mass is 9.89. The summed E-state index contributed by atoms with van der Waals surface area (Å²) in [5, 5.41) is 3.54. The van der Waals surface area contributed by atoms with Crippen molar-refractivity contribution < 1.29 is 9.59 Å². The second kappa shape index (κ2) is 5.64. The van der Waals surface area contributed by atoms with E-state index in [0.717, 1.165) is 25.1 Å². The Balaban J connectivity index is 1.88. The first-order valence-corrected chi connectivity index (χ1v) is 9.32. The van der Waals surface area contributed by atoms with Crippen LogP contribution in [0.3, 0.4) is 0 Å². The van der Waals surface area contributed by atoms with E-state index in [1.54, 1.807) is 6.07 Å². The van der Waals surface area contributed by atoms with Gasteiger partial charge in [0.25, 0.3) is 11.8 Å². The first-order chi connectivity index (χ1) is 12.6. The summed E-state index contributed by atoms with van der Waals surface area (Å²) in [6, 6.07) is 22.9. The van der Waals surface area contributed by atoms with Gasteiger partial charge >= 0.3 is 0 Å². The fourth-order valence-electron chi connectivity index (χ4n) is 3.67. The standard InChI is InChI=1S/C22H12INO2/c23-15-8-10-16(11-9-15)24-21(25)18-7-3-5-14-12-13-4-1-2-6-17(13)20(19(14)18)22(24)26/h1-12H. The number of benzene rings is 4. The van der Waals surface area contributed by atoms with Crippen LogP contribution in [0.4, 0.5) is 5.69 Å². The number of imide groups is 1. The number of fused-ring (bicyclic) bond motifs is 2. The van der Waals surface area contributed by atoms with Gasteiger partial charge in [0.2, 0.25) is 0 Å². The molecule has 0 spiro atoms. The average molecular weight is 449 g/mol. The van der Waals surface area contributed by atoms with Gasteiger partial charge in [0, 0.05) is 14.5 Å². The molecule has 0 saturated heterocycles. The number of rotatable bonds is 1. The van der Waals surface area contributed by atoms with Crippen molar-refractivity contribution in [2.24, 2.45) is 0 Å². The third-order valence-corrected chi connectivity index (χ3v) is 5.54. The van der Waals surface area contributed by atoms with E-state index < -0.39 is 0 Å². The molecule has 0 bridgehead atoms. The van der Waals surface area contributed by atoms with E-state index in [1.165, 1.54) is 4.90 Å². The lowest BCUT2D eigenvalue weighted by Gasteiger charge is -2.28. The van der Waals surface area contributed by atoms with E-state index in [1.807, 2.05) is 66.7 Å². The van der Waals surface area contributed by atoms with Gasteiger partial charge in [-0.05, 0) is 75.1 Å². The molecule has 2 amide bonds. The molecule has 4 aromatic rings. The Kier molecular flexibility index (Phi) is 3.37. The Hall–Kier alpha value is -2.73. The van der Waals surface area contributed by atoms with E-state index >= 15 is 0 Å². The zero-order valence-corrected chi connectivity index (χ0v) is 15.7. The molecule has 0 atom stereocenters. The maximum Gasteiger partial charge on any atom is 0.266 e. The first kappa shape index (κ1) is 15.5. The Labute approximate surface area is 163 Å². The Morgan fingerprint density at radius 3 is 2.27 bits per heavy atom. The van der Waals surface area contributed by atoms with Gasteiger partial charge in [0.05, 0.1) is 11.3 Å². The van der Waals surface area contributed by atoms with Crippen molar-refractivity contribution in [3.05, 3.63) is 87.5 Å². The van der Waals surface area contributed by atoms with Gasteiger partial charge in [0.15, 0.2) is 0 Å². The Morgan fingerprint density at radius 1 is 0.731 bits per heavy atom. The van der Waals surface area contributed by atoms with Gasteiger partial charge in [0.1, 0.15) is 0 Å². The lowest BCUT2D eigenvalue weighted by molar-refractivity contribution is 0.0894. The molecule has 26 heavy (non-hydrogen) atoms. The van der Waals surface area contributed by atoms with E-state index in [4.69, 9.17) is 0 Å². The molecule has 4 heteroatoms. The highest BCUT2D eigenvalue weighted by molar-refractivity contribution is 14.1. The second-order valence-corrected chi connectivity index (χ2v) is 7.54. The molecule has 0 aromatic heterocycles. The van der Waals surface area contributed by atoms with Gasteiger partial charge in [-0.3, -0.25) is 9.59 Å². The van der Waals surface area contributed by atoms with Crippen LogP contribution in [0.2, 0.25) is 0 Å². The maximum absolute atomic E-state index is 13.4. The van der Waals surface area contributed by atoms with E-state index in [9.17, 15) is 9.59 Å². The van der Waals surface area contributed by atoms with Crippen LogP contribution in [0.5, 0.6) is 0 Å². The van der Waals surface area contributed by atoms with Crippen molar-refractivity contribution in [1.82, 2.24) is 0 Å². The minimum absolute atomic E-state index is 0.267. The topological polar surface area (TPSA) is 37.4 Å². The molecule has 0 N–H and O–H groups in total. The molecular formula is C22H12INO2. The van der Waals surface area contributed by atoms with Crippen molar-refractivity contribution in [3.8, 4) is 0 Å². The van der Waals surface area contributed by atoms with Gasteiger partial charge < -0.3 is 0 Å². The van der Waals surface area contributed by atoms with E-state index in [2.05, 4.69) is 22.6 Å². The third-order valence-electron chi connectivity index (χ3n) is 4.82. The van der Waals surface area contributed by atoms with E-state index in [-0.39, 0.29) is 11.8 Å². The first-order valence-electron chi connectivity index (χ1n) is 8.24. The van der Waals surface area contributed by atoms with Crippen LogP contribution in [-0.4, -0.2) is 11.8 Å². The molecule has 0 saturated carbocycles. The average Bonchev–Trinajstić information content (AvgIpc) is 2.66. The van der Waals surface area contributed by atoms with Gasteiger partial charge in [-0.15, -0.1) is 0 Å². The smallest absolute Gasteiger partial charge is 0.266 e. The number of carbonyl (C=O) groups excluding carboxylic acids is 2. The SMILES string of the molecule is O=C1c2cccc3cc4ccccc4c(c23)C(=O)N1c1ccc(I)cc1. The summed E-state index contributed by atoms with van der Waals surface area (Å²) >= 11 is 2.21. The van der Waals surface area contributed by atoms with Crippen molar-refractivity contribution in [2.45, 2.75) is 0 Å². The minimum atomic E-state index is -0.274. The molecule has 3 nitrogen and oxygen atoms in total. The van der Waals surface area contributed by atoms with Crippen LogP contribution in [0, 0.1) is 3.57 Å². The molecule has 124 valence electrons. The molecule has 0 aliphatic carbocycles. The molecule has 0 fully saturated rings. The monoisotopic (exact) mass is 449 g/mol. The number of halogens is 1. The molecule has 1 heterocycles. The minimum Gasteiger partial charge on any atom is -0.268 e. The summed E-state index contributed by atoms with van der Waals surface area (Å²) in [5.74, 6) is -0.540. The summed E-state index contributed by atoms with van der Waals surface area (Å²) < 4.78 is 1.05. The fraction of sp³-hybridized carbons (Fsp3) is 0. The molecule has 1 aliphatic heterocycles. The summed E-state index contributed by atoms with van der Waals surface area (Å²) in [7, 11) is 0. The molecule has 0 radical (unpaired) electrons.